The van der Waals surface area contributed by atoms with Crippen LogP contribution in [0.5, 0.6) is 0 Å². The number of nitrogens with zero attached hydrogens (tertiary/aromatic N) is 1. The molecule has 0 unspecified atom stereocenters. The molecule has 2 aliphatic rings. The van der Waals surface area contributed by atoms with Gasteiger partial charge in [-0.2, -0.15) is 4.31 Å². The lowest BCUT2D eigenvalue weighted by Crippen LogP contribution is -2.63. The molecular formula is C15H21BrN2O2S. The Morgan fingerprint density at radius 1 is 1.10 bits per heavy atom. The minimum atomic E-state index is -3.41. The first kappa shape index (κ1) is 15.5. The molecule has 1 heterocycles. The molecule has 1 aromatic rings. The van der Waals surface area contributed by atoms with Gasteiger partial charge in [0.15, 0.2) is 0 Å². The zero-order valence-corrected chi connectivity index (χ0v) is 14.4. The van der Waals surface area contributed by atoms with Gasteiger partial charge in [-0.25, -0.2) is 8.42 Å². The van der Waals surface area contributed by atoms with Crippen LogP contribution >= 0.6 is 15.9 Å². The zero-order chi connectivity index (χ0) is 14.9. The maximum Gasteiger partial charge on any atom is 0.243 e. The Kier molecular flexibility index (Phi) is 4.41. The van der Waals surface area contributed by atoms with Gasteiger partial charge in [0.1, 0.15) is 0 Å². The van der Waals surface area contributed by atoms with E-state index in [0.29, 0.717) is 11.4 Å². The molecule has 0 atom stereocenters. The van der Waals surface area contributed by atoms with Gasteiger partial charge in [0, 0.05) is 29.6 Å². The lowest BCUT2D eigenvalue weighted by atomic mass is 9.80. The van der Waals surface area contributed by atoms with Crippen LogP contribution in [0.25, 0.3) is 0 Å². The molecule has 1 aromatic carbocycles. The van der Waals surface area contributed by atoms with Crippen molar-refractivity contribution in [1.82, 2.24) is 9.62 Å². The molecule has 116 valence electrons. The van der Waals surface area contributed by atoms with Gasteiger partial charge in [0.2, 0.25) is 10.0 Å². The molecule has 0 radical (unpaired) electrons. The number of hydrogen-bond donors (Lipinski definition) is 1. The summed E-state index contributed by atoms with van der Waals surface area (Å²) in [6.45, 7) is 2.08. The molecule has 21 heavy (non-hydrogen) atoms. The summed E-state index contributed by atoms with van der Waals surface area (Å²) in [5, 5.41) is 3.39. The van der Waals surface area contributed by atoms with Crippen LogP contribution in [0.2, 0.25) is 0 Å². The molecule has 6 heteroatoms. The Morgan fingerprint density at radius 2 is 1.76 bits per heavy atom. The summed E-state index contributed by atoms with van der Waals surface area (Å²) in [5.74, 6) is 0. The second-order valence-corrected chi connectivity index (χ2v) is 8.77. The van der Waals surface area contributed by atoms with Crippen LogP contribution in [0, 0.1) is 0 Å². The second-order valence-electron chi connectivity index (χ2n) is 5.99. The Hall–Kier alpha value is -0.430. The summed E-state index contributed by atoms with van der Waals surface area (Å²) in [6.07, 6.45) is 5.39. The summed E-state index contributed by atoms with van der Waals surface area (Å²) in [6, 6.07) is 6.97. The second kappa shape index (κ2) is 5.99. The maximum absolute atomic E-state index is 13.1. The van der Waals surface area contributed by atoms with E-state index in [9.17, 15) is 8.42 Å². The smallest absolute Gasteiger partial charge is 0.243 e. The third-order valence-electron chi connectivity index (χ3n) is 4.66. The predicted octanol–water partition coefficient (Wildman–Crippen LogP) is 2.75. The number of benzene rings is 1. The fourth-order valence-electron chi connectivity index (χ4n) is 3.57. The highest BCUT2D eigenvalue weighted by atomic mass is 79.9. The highest BCUT2D eigenvalue weighted by molar-refractivity contribution is 9.10. The minimum absolute atomic E-state index is 0.220. The van der Waals surface area contributed by atoms with Crippen LogP contribution in [-0.4, -0.2) is 37.9 Å². The van der Waals surface area contributed by atoms with Crippen LogP contribution < -0.4 is 5.32 Å². The SMILES string of the molecule is O=S(=O)(c1ccc(Br)cc1)N1CCNCC12CCCCC2. The van der Waals surface area contributed by atoms with Crippen molar-refractivity contribution in [3.05, 3.63) is 28.7 Å². The monoisotopic (exact) mass is 372 g/mol. The van der Waals surface area contributed by atoms with E-state index < -0.39 is 10.0 Å². The average molecular weight is 373 g/mol. The third-order valence-corrected chi connectivity index (χ3v) is 7.21. The number of nitrogens with one attached hydrogen (secondary N) is 1. The third kappa shape index (κ3) is 2.91. The van der Waals surface area contributed by atoms with Gasteiger partial charge >= 0.3 is 0 Å². The molecule has 1 aliphatic carbocycles. The lowest BCUT2D eigenvalue weighted by molar-refractivity contribution is 0.101. The standard InChI is InChI=1S/C15H21BrN2O2S/c16-13-4-6-14(7-5-13)21(19,20)18-11-10-17-12-15(18)8-2-1-3-9-15/h4-7,17H,1-3,8-12H2. The fraction of sp³-hybridized carbons (Fsp3) is 0.600. The highest BCUT2D eigenvalue weighted by Crippen LogP contribution is 2.38. The van der Waals surface area contributed by atoms with Crippen molar-refractivity contribution in [3.63, 3.8) is 0 Å². The van der Waals surface area contributed by atoms with Gasteiger partial charge in [0.25, 0.3) is 0 Å². The van der Waals surface area contributed by atoms with Crippen molar-refractivity contribution in [1.29, 1.82) is 0 Å². The molecule has 1 saturated heterocycles. The van der Waals surface area contributed by atoms with Crippen LogP contribution in [0.4, 0.5) is 0 Å². The van der Waals surface area contributed by atoms with Crippen molar-refractivity contribution in [2.75, 3.05) is 19.6 Å². The molecule has 0 amide bonds. The van der Waals surface area contributed by atoms with E-state index in [1.807, 2.05) is 0 Å². The van der Waals surface area contributed by atoms with Crippen LogP contribution in [-0.2, 0) is 10.0 Å². The molecule has 1 spiro atoms. The van der Waals surface area contributed by atoms with E-state index in [0.717, 1.165) is 43.2 Å². The van der Waals surface area contributed by atoms with Gasteiger partial charge in [0.05, 0.1) is 4.90 Å². The number of rotatable bonds is 2. The molecule has 1 saturated carbocycles. The normalized spacial score (nSPS) is 23.3. The maximum atomic E-state index is 13.1. The molecule has 1 N–H and O–H groups in total. The first-order valence-electron chi connectivity index (χ1n) is 7.54. The number of hydrogen-bond acceptors (Lipinski definition) is 3. The molecule has 0 bridgehead atoms. The molecule has 3 rings (SSSR count). The Morgan fingerprint density at radius 3 is 2.43 bits per heavy atom. The first-order chi connectivity index (χ1) is 10.0. The van der Waals surface area contributed by atoms with E-state index in [2.05, 4.69) is 21.2 Å². The summed E-state index contributed by atoms with van der Waals surface area (Å²) in [7, 11) is -3.41. The number of halogens is 1. The molecule has 1 aliphatic heterocycles. The number of sulfonamides is 1. The summed E-state index contributed by atoms with van der Waals surface area (Å²) in [4.78, 5) is 0.401. The van der Waals surface area contributed by atoms with E-state index in [1.165, 1.54) is 6.42 Å². The van der Waals surface area contributed by atoms with Crippen LogP contribution in [0.15, 0.2) is 33.6 Å². The molecule has 2 fully saturated rings. The van der Waals surface area contributed by atoms with Crippen molar-refractivity contribution in [2.45, 2.75) is 42.5 Å². The van der Waals surface area contributed by atoms with E-state index in [-0.39, 0.29) is 5.54 Å². The minimum Gasteiger partial charge on any atom is -0.314 e. The van der Waals surface area contributed by atoms with Gasteiger partial charge in [-0.1, -0.05) is 35.2 Å². The van der Waals surface area contributed by atoms with Crippen LogP contribution in [0.3, 0.4) is 0 Å². The lowest BCUT2D eigenvalue weighted by Gasteiger charge is -2.48. The Labute approximate surface area is 135 Å². The van der Waals surface area contributed by atoms with Gasteiger partial charge in [-0.3, -0.25) is 0 Å². The van der Waals surface area contributed by atoms with Crippen molar-refractivity contribution in [3.8, 4) is 0 Å². The zero-order valence-electron chi connectivity index (χ0n) is 12.0. The van der Waals surface area contributed by atoms with Crippen molar-refractivity contribution in [2.24, 2.45) is 0 Å². The van der Waals surface area contributed by atoms with Gasteiger partial charge in [-0.15, -0.1) is 0 Å². The first-order valence-corrected chi connectivity index (χ1v) is 9.77. The molecular weight excluding hydrogens is 352 g/mol. The Balaban J connectivity index is 1.97. The van der Waals surface area contributed by atoms with Crippen molar-refractivity contribution < 1.29 is 8.42 Å². The van der Waals surface area contributed by atoms with E-state index in [1.54, 1.807) is 28.6 Å². The highest BCUT2D eigenvalue weighted by Gasteiger charge is 2.45. The summed E-state index contributed by atoms with van der Waals surface area (Å²) < 4.78 is 28.8. The Bertz CT molecular complexity index is 586. The van der Waals surface area contributed by atoms with Gasteiger partial charge < -0.3 is 5.32 Å². The van der Waals surface area contributed by atoms with Crippen molar-refractivity contribution >= 4 is 26.0 Å². The van der Waals surface area contributed by atoms with E-state index >= 15 is 0 Å². The summed E-state index contributed by atoms with van der Waals surface area (Å²) in [5.41, 5.74) is -0.220. The average Bonchev–Trinajstić information content (AvgIpc) is 2.49. The van der Waals surface area contributed by atoms with E-state index in [4.69, 9.17) is 0 Å². The van der Waals surface area contributed by atoms with Gasteiger partial charge in [-0.05, 0) is 37.1 Å². The molecule has 4 nitrogen and oxygen atoms in total. The predicted molar refractivity (Wildman–Crippen MR) is 86.7 cm³/mol. The topological polar surface area (TPSA) is 49.4 Å². The summed E-state index contributed by atoms with van der Waals surface area (Å²) >= 11 is 3.36. The fourth-order valence-corrected chi connectivity index (χ4v) is 5.66. The van der Waals surface area contributed by atoms with Crippen LogP contribution in [0.1, 0.15) is 32.1 Å². The largest absolute Gasteiger partial charge is 0.314 e. The quantitative estimate of drug-likeness (QED) is 0.867. The molecule has 0 aromatic heterocycles. The number of piperazine rings is 1.